The summed E-state index contributed by atoms with van der Waals surface area (Å²) in [5.41, 5.74) is 3.18. The molecule has 1 aromatic heterocycles. The first-order chi connectivity index (χ1) is 8.67. The number of anilines is 1. The lowest BCUT2D eigenvalue weighted by Gasteiger charge is -2.29. The zero-order valence-corrected chi connectivity index (χ0v) is 11.9. The van der Waals surface area contributed by atoms with Crippen LogP contribution in [0.15, 0.2) is 30.3 Å². The van der Waals surface area contributed by atoms with E-state index in [2.05, 4.69) is 48.9 Å². The molecule has 2 rings (SSSR count). The Balaban J connectivity index is 2.66. The molecule has 0 aliphatic heterocycles. The van der Waals surface area contributed by atoms with Gasteiger partial charge in [0.2, 0.25) is 0 Å². The highest BCUT2D eigenvalue weighted by Gasteiger charge is 2.13. The van der Waals surface area contributed by atoms with Gasteiger partial charge in [-0.05, 0) is 32.9 Å². The van der Waals surface area contributed by atoms with E-state index in [-0.39, 0.29) is 0 Å². The zero-order valence-electron chi connectivity index (χ0n) is 11.2. The van der Waals surface area contributed by atoms with Gasteiger partial charge in [0, 0.05) is 23.7 Å². The Morgan fingerprint density at radius 1 is 1.28 bits per heavy atom. The Hall–Kier alpha value is -1.28. The summed E-state index contributed by atoms with van der Waals surface area (Å²) < 4.78 is 0. The van der Waals surface area contributed by atoms with Crippen molar-refractivity contribution < 1.29 is 0 Å². The summed E-state index contributed by atoms with van der Waals surface area (Å²) in [5.74, 6) is 0.452. The maximum atomic E-state index is 5.95. The van der Waals surface area contributed by atoms with E-state index in [1.165, 1.54) is 11.1 Å². The average Bonchev–Trinajstić information content (AvgIpc) is 2.38. The molecular formula is C15H19ClN2. The van der Waals surface area contributed by atoms with E-state index < -0.39 is 0 Å². The molecule has 0 atom stereocenters. The van der Waals surface area contributed by atoms with Crippen LogP contribution in [0.1, 0.15) is 26.5 Å². The summed E-state index contributed by atoms with van der Waals surface area (Å²) in [7, 11) is 0. The van der Waals surface area contributed by atoms with E-state index in [0.29, 0.717) is 11.9 Å². The van der Waals surface area contributed by atoms with Gasteiger partial charge in [-0.3, -0.25) is 4.98 Å². The molecule has 0 unspecified atom stereocenters. The summed E-state index contributed by atoms with van der Waals surface area (Å²) in [5, 5.41) is 1.20. The second-order valence-electron chi connectivity index (χ2n) is 4.66. The number of fused-ring (bicyclic) bond motifs is 1. The van der Waals surface area contributed by atoms with Crippen molar-refractivity contribution in [3.05, 3.63) is 36.0 Å². The molecule has 1 heterocycles. The van der Waals surface area contributed by atoms with Crippen LogP contribution in [0.2, 0.25) is 0 Å². The van der Waals surface area contributed by atoms with Crippen molar-refractivity contribution in [2.75, 3.05) is 11.4 Å². The van der Waals surface area contributed by atoms with E-state index in [0.717, 1.165) is 17.8 Å². The van der Waals surface area contributed by atoms with Crippen molar-refractivity contribution in [2.24, 2.45) is 0 Å². The largest absolute Gasteiger partial charge is 0.369 e. The number of benzene rings is 1. The monoisotopic (exact) mass is 262 g/mol. The number of nitrogens with zero attached hydrogens (tertiary/aromatic N) is 2. The van der Waals surface area contributed by atoms with Gasteiger partial charge in [0.25, 0.3) is 0 Å². The number of rotatable bonds is 4. The third kappa shape index (κ3) is 2.44. The molecule has 0 aliphatic rings. The predicted molar refractivity (Wildman–Crippen MR) is 79.5 cm³/mol. The highest BCUT2D eigenvalue weighted by atomic mass is 35.5. The number of para-hydroxylation sites is 1. The van der Waals surface area contributed by atoms with Crippen LogP contribution in [0.5, 0.6) is 0 Å². The van der Waals surface area contributed by atoms with Crippen LogP contribution in [-0.4, -0.2) is 17.6 Å². The molecule has 0 aliphatic carbocycles. The Morgan fingerprint density at radius 2 is 2.00 bits per heavy atom. The molecule has 0 fully saturated rings. The van der Waals surface area contributed by atoms with Gasteiger partial charge in [0.15, 0.2) is 0 Å². The first kappa shape index (κ1) is 13.2. The molecule has 0 radical (unpaired) electrons. The van der Waals surface area contributed by atoms with Crippen LogP contribution in [0.3, 0.4) is 0 Å². The van der Waals surface area contributed by atoms with Crippen molar-refractivity contribution in [2.45, 2.75) is 32.7 Å². The molecule has 1 aromatic carbocycles. The highest BCUT2D eigenvalue weighted by Crippen LogP contribution is 2.28. The molecule has 0 saturated carbocycles. The Morgan fingerprint density at radius 3 is 2.61 bits per heavy atom. The topological polar surface area (TPSA) is 16.1 Å². The highest BCUT2D eigenvalue weighted by molar-refractivity contribution is 6.17. The number of alkyl halides is 1. The van der Waals surface area contributed by atoms with Gasteiger partial charge < -0.3 is 4.90 Å². The van der Waals surface area contributed by atoms with Crippen molar-refractivity contribution in [1.29, 1.82) is 0 Å². The molecule has 2 aromatic rings. The van der Waals surface area contributed by atoms with Crippen molar-refractivity contribution in [3.63, 3.8) is 0 Å². The van der Waals surface area contributed by atoms with E-state index >= 15 is 0 Å². The number of hydrogen-bond acceptors (Lipinski definition) is 2. The smallest absolute Gasteiger partial charge is 0.0726 e. The van der Waals surface area contributed by atoms with E-state index in [9.17, 15) is 0 Å². The minimum Gasteiger partial charge on any atom is -0.369 e. The van der Waals surface area contributed by atoms with Crippen LogP contribution < -0.4 is 4.90 Å². The lowest BCUT2D eigenvalue weighted by molar-refractivity contribution is 0.705. The number of aromatic nitrogens is 1. The standard InChI is InChI=1S/C15H19ClN2/c1-4-18(11(2)3)15-9-12(10-16)17-14-8-6-5-7-13(14)15/h5-9,11H,4,10H2,1-3H3. The minimum atomic E-state index is 0.452. The van der Waals surface area contributed by atoms with Gasteiger partial charge in [0.1, 0.15) is 0 Å². The van der Waals surface area contributed by atoms with Crippen LogP contribution in [0.25, 0.3) is 10.9 Å². The maximum absolute atomic E-state index is 5.95. The predicted octanol–water partition coefficient (Wildman–Crippen LogP) is 4.21. The molecule has 0 amide bonds. The van der Waals surface area contributed by atoms with Gasteiger partial charge in [-0.25, -0.2) is 0 Å². The molecule has 0 saturated heterocycles. The van der Waals surface area contributed by atoms with Crippen LogP contribution in [0, 0.1) is 0 Å². The fourth-order valence-corrected chi connectivity index (χ4v) is 2.47. The third-order valence-electron chi connectivity index (χ3n) is 3.16. The first-order valence-corrected chi connectivity index (χ1v) is 6.92. The van der Waals surface area contributed by atoms with Gasteiger partial charge in [-0.15, -0.1) is 11.6 Å². The summed E-state index contributed by atoms with van der Waals surface area (Å²) >= 11 is 5.95. The molecule has 18 heavy (non-hydrogen) atoms. The van der Waals surface area contributed by atoms with Gasteiger partial charge in [-0.2, -0.15) is 0 Å². The third-order valence-corrected chi connectivity index (χ3v) is 3.43. The van der Waals surface area contributed by atoms with E-state index in [4.69, 9.17) is 11.6 Å². The molecular weight excluding hydrogens is 244 g/mol. The zero-order chi connectivity index (χ0) is 13.1. The molecule has 0 N–H and O–H groups in total. The molecule has 2 nitrogen and oxygen atoms in total. The Kier molecular flexibility index (Phi) is 4.07. The van der Waals surface area contributed by atoms with Crippen LogP contribution in [0.4, 0.5) is 5.69 Å². The number of pyridine rings is 1. The minimum absolute atomic E-state index is 0.452. The second kappa shape index (κ2) is 5.57. The summed E-state index contributed by atoms with van der Waals surface area (Å²) in [4.78, 5) is 6.95. The number of hydrogen-bond donors (Lipinski definition) is 0. The van der Waals surface area contributed by atoms with Crippen molar-refractivity contribution >= 4 is 28.2 Å². The Bertz CT molecular complexity index is 537. The van der Waals surface area contributed by atoms with Gasteiger partial charge in [0.05, 0.1) is 17.1 Å². The van der Waals surface area contributed by atoms with Crippen molar-refractivity contribution in [1.82, 2.24) is 4.98 Å². The molecule has 0 spiro atoms. The molecule has 96 valence electrons. The Labute approximate surface area is 114 Å². The fraction of sp³-hybridized carbons (Fsp3) is 0.400. The molecule has 3 heteroatoms. The normalized spacial score (nSPS) is 11.2. The summed E-state index contributed by atoms with van der Waals surface area (Å²) in [6, 6.07) is 10.8. The number of halogens is 1. The summed E-state index contributed by atoms with van der Waals surface area (Å²) in [6.45, 7) is 7.57. The lowest BCUT2D eigenvalue weighted by atomic mass is 10.1. The van der Waals surface area contributed by atoms with Gasteiger partial charge in [-0.1, -0.05) is 18.2 Å². The summed E-state index contributed by atoms with van der Waals surface area (Å²) in [6.07, 6.45) is 0. The first-order valence-electron chi connectivity index (χ1n) is 6.38. The lowest BCUT2D eigenvalue weighted by Crippen LogP contribution is -2.30. The second-order valence-corrected chi connectivity index (χ2v) is 4.93. The van der Waals surface area contributed by atoms with Crippen LogP contribution in [-0.2, 0) is 5.88 Å². The maximum Gasteiger partial charge on any atom is 0.0726 e. The van der Waals surface area contributed by atoms with E-state index in [1.54, 1.807) is 0 Å². The molecule has 0 bridgehead atoms. The SMILES string of the molecule is CCN(c1cc(CCl)nc2ccccc12)C(C)C. The quantitative estimate of drug-likeness (QED) is 0.768. The van der Waals surface area contributed by atoms with E-state index in [1.807, 2.05) is 12.1 Å². The fourth-order valence-electron chi connectivity index (χ4n) is 2.33. The van der Waals surface area contributed by atoms with Crippen molar-refractivity contribution in [3.8, 4) is 0 Å². The van der Waals surface area contributed by atoms with Crippen LogP contribution >= 0.6 is 11.6 Å². The average molecular weight is 263 g/mol. The van der Waals surface area contributed by atoms with Gasteiger partial charge >= 0.3 is 0 Å².